The molecule has 1 aliphatic rings. The number of aliphatic hydroxyl groups is 2. The van der Waals surface area contributed by atoms with Crippen molar-refractivity contribution in [2.24, 2.45) is 11.1 Å². The highest BCUT2D eigenvalue weighted by Crippen LogP contribution is 2.49. The van der Waals surface area contributed by atoms with Crippen LogP contribution in [0, 0.1) is 18.2 Å². The molecule has 0 spiro atoms. The molecule has 3 rings (SSSR count). The molecule has 36 heavy (non-hydrogen) atoms. The predicted octanol–water partition coefficient (Wildman–Crippen LogP) is 4.01. The van der Waals surface area contributed by atoms with E-state index in [1.807, 2.05) is 19.1 Å². The number of halogens is 3. The van der Waals surface area contributed by atoms with Crippen LogP contribution in [0.3, 0.4) is 0 Å². The van der Waals surface area contributed by atoms with Crippen molar-refractivity contribution in [2.75, 3.05) is 13.2 Å². The minimum Gasteiger partial charge on any atom is -0.394 e. The van der Waals surface area contributed by atoms with Gasteiger partial charge in [0.1, 0.15) is 5.82 Å². The van der Waals surface area contributed by atoms with Crippen molar-refractivity contribution in [1.82, 2.24) is 10.6 Å². The third kappa shape index (κ3) is 6.04. The first-order valence-corrected chi connectivity index (χ1v) is 12.9. The van der Waals surface area contributed by atoms with Crippen LogP contribution in [0.15, 0.2) is 36.4 Å². The Bertz CT molecular complexity index is 1090. The maximum absolute atomic E-state index is 15.5. The van der Waals surface area contributed by atoms with Crippen LogP contribution in [0.5, 0.6) is 0 Å². The van der Waals surface area contributed by atoms with Crippen LogP contribution < -0.4 is 16.4 Å². The molecule has 5 atom stereocenters. The molecule has 0 aliphatic carbocycles. The lowest BCUT2D eigenvalue weighted by Crippen LogP contribution is -2.52. The summed E-state index contributed by atoms with van der Waals surface area (Å²) in [7, 11) is 0. The Morgan fingerprint density at radius 2 is 1.94 bits per heavy atom. The molecule has 2 aromatic carbocycles. The van der Waals surface area contributed by atoms with E-state index < -0.39 is 36.0 Å². The number of benzene rings is 2. The molecule has 1 heterocycles. The third-order valence-corrected chi connectivity index (χ3v) is 7.58. The van der Waals surface area contributed by atoms with Crippen molar-refractivity contribution in [3.8, 4) is 0 Å². The van der Waals surface area contributed by atoms with Gasteiger partial charge in [0.2, 0.25) is 5.91 Å². The van der Waals surface area contributed by atoms with E-state index in [2.05, 4.69) is 31.4 Å². The maximum Gasteiger partial charge on any atom is 0.237 e. The van der Waals surface area contributed by atoms with E-state index in [4.69, 9.17) is 34.0 Å². The standard InChI is InChI=1S/C27H36Cl2FN3O3/c1-15-12-16(8-9-19(15)28)27(31)21(13-26(2,3)4)33-24(25(36)32-11-10-17(35)14-34)22(27)18-6-5-7-20(29)23(18)30/h5-9,12,17,21-22,24,33-35H,10-11,13-14,31H2,1-4H3,(H,32,36)/t17-,21-,22-,24+,27+/m0/s1. The van der Waals surface area contributed by atoms with Gasteiger partial charge in [-0.3, -0.25) is 4.79 Å². The zero-order valence-corrected chi connectivity index (χ0v) is 22.6. The van der Waals surface area contributed by atoms with Crippen molar-refractivity contribution in [2.45, 2.75) is 70.2 Å². The normalized spacial score (nSPS) is 25.1. The van der Waals surface area contributed by atoms with E-state index in [9.17, 15) is 9.90 Å². The fourth-order valence-corrected chi connectivity index (χ4v) is 5.37. The van der Waals surface area contributed by atoms with Crippen LogP contribution in [-0.2, 0) is 10.3 Å². The summed E-state index contributed by atoms with van der Waals surface area (Å²) in [6, 6.07) is 8.96. The number of hydrogen-bond donors (Lipinski definition) is 5. The number of nitrogens with two attached hydrogens (primary N) is 1. The Morgan fingerprint density at radius 3 is 2.56 bits per heavy atom. The fraction of sp³-hybridized carbons (Fsp3) is 0.519. The van der Waals surface area contributed by atoms with Crippen molar-refractivity contribution >= 4 is 29.1 Å². The Morgan fingerprint density at radius 1 is 1.25 bits per heavy atom. The molecule has 0 radical (unpaired) electrons. The van der Waals surface area contributed by atoms with Gasteiger partial charge >= 0.3 is 0 Å². The number of carbonyl (C=O) groups excluding carboxylic acids is 1. The molecule has 9 heteroatoms. The molecule has 1 saturated heterocycles. The van der Waals surface area contributed by atoms with Crippen LogP contribution >= 0.6 is 23.2 Å². The van der Waals surface area contributed by atoms with Gasteiger partial charge in [0.05, 0.1) is 29.3 Å². The zero-order valence-electron chi connectivity index (χ0n) is 21.1. The van der Waals surface area contributed by atoms with Gasteiger partial charge in [-0.05, 0) is 54.0 Å². The monoisotopic (exact) mass is 539 g/mol. The molecule has 1 amide bonds. The lowest BCUT2D eigenvalue weighted by atomic mass is 9.68. The summed E-state index contributed by atoms with van der Waals surface area (Å²) in [5.74, 6) is -1.79. The molecular weight excluding hydrogens is 504 g/mol. The first kappa shape index (κ1) is 28.8. The van der Waals surface area contributed by atoms with Gasteiger partial charge < -0.3 is 26.6 Å². The number of rotatable bonds is 8. The van der Waals surface area contributed by atoms with Crippen LogP contribution in [-0.4, -0.2) is 47.5 Å². The lowest BCUT2D eigenvalue weighted by Gasteiger charge is -2.40. The summed E-state index contributed by atoms with van der Waals surface area (Å²) < 4.78 is 15.5. The van der Waals surface area contributed by atoms with Gasteiger partial charge in [-0.15, -0.1) is 0 Å². The Hall–Kier alpha value is -1.74. The fourth-order valence-electron chi connectivity index (χ4n) is 5.07. The molecule has 1 aliphatic heterocycles. The Balaban J connectivity index is 2.16. The highest BCUT2D eigenvalue weighted by Gasteiger charge is 2.57. The first-order chi connectivity index (χ1) is 16.8. The van der Waals surface area contributed by atoms with E-state index in [1.165, 1.54) is 6.07 Å². The van der Waals surface area contributed by atoms with Gasteiger partial charge in [-0.25, -0.2) is 4.39 Å². The average molecular weight is 541 g/mol. The summed E-state index contributed by atoms with van der Waals surface area (Å²) in [5.41, 5.74) is 7.78. The summed E-state index contributed by atoms with van der Waals surface area (Å²) in [6.07, 6.45) is -0.153. The third-order valence-electron chi connectivity index (χ3n) is 6.87. The van der Waals surface area contributed by atoms with Crippen LogP contribution in [0.2, 0.25) is 10.0 Å². The minimum atomic E-state index is -1.18. The molecule has 6 N–H and O–H groups in total. The molecule has 0 aromatic heterocycles. The smallest absolute Gasteiger partial charge is 0.237 e. The topological polar surface area (TPSA) is 108 Å². The molecule has 198 valence electrons. The minimum absolute atomic E-state index is 0.0494. The largest absolute Gasteiger partial charge is 0.394 e. The number of aryl methyl sites for hydroxylation is 1. The molecule has 1 fully saturated rings. The van der Waals surface area contributed by atoms with Gasteiger partial charge in [0.25, 0.3) is 0 Å². The molecule has 0 unspecified atom stereocenters. The quantitative estimate of drug-likeness (QED) is 0.348. The van der Waals surface area contributed by atoms with E-state index in [0.29, 0.717) is 11.4 Å². The van der Waals surface area contributed by atoms with Crippen molar-refractivity contribution < 1.29 is 19.4 Å². The van der Waals surface area contributed by atoms with Gasteiger partial charge in [0.15, 0.2) is 0 Å². The van der Waals surface area contributed by atoms with Gasteiger partial charge in [-0.2, -0.15) is 0 Å². The second-order valence-corrected chi connectivity index (χ2v) is 11.7. The highest BCUT2D eigenvalue weighted by atomic mass is 35.5. The molecule has 0 saturated carbocycles. The van der Waals surface area contributed by atoms with Crippen molar-refractivity contribution in [1.29, 1.82) is 0 Å². The van der Waals surface area contributed by atoms with E-state index >= 15 is 4.39 Å². The first-order valence-electron chi connectivity index (χ1n) is 12.1. The van der Waals surface area contributed by atoms with Gasteiger partial charge in [-0.1, -0.05) is 68.2 Å². The van der Waals surface area contributed by atoms with E-state index in [-0.39, 0.29) is 40.9 Å². The van der Waals surface area contributed by atoms with Crippen molar-refractivity contribution in [3.05, 3.63) is 69.0 Å². The lowest BCUT2D eigenvalue weighted by molar-refractivity contribution is -0.123. The number of carbonyl (C=O) groups is 1. The molecule has 0 bridgehead atoms. The second kappa shape index (κ2) is 11.3. The van der Waals surface area contributed by atoms with Crippen LogP contribution in [0.4, 0.5) is 4.39 Å². The molecule has 6 nitrogen and oxygen atoms in total. The summed E-state index contributed by atoms with van der Waals surface area (Å²) in [4.78, 5) is 13.5. The zero-order chi connectivity index (χ0) is 26.8. The molecule has 2 aromatic rings. The number of amides is 1. The summed E-state index contributed by atoms with van der Waals surface area (Å²) in [6.45, 7) is 7.87. The Kier molecular flexibility index (Phi) is 9.08. The summed E-state index contributed by atoms with van der Waals surface area (Å²) in [5, 5.41) is 25.5. The SMILES string of the molecule is Cc1cc([C@@]2(N)[C@H](CC(C)(C)C)N[C@@H](C(=O)NCC[C@H](O)CO)[C@@H]2c2cccc(Cl)c2F)ccc1Cl. The molecular formula is C27H36Cl2FN3O3. The number of hydrogen-bond acceptors (Lipinski definition) is 5. The number of nitrogens with one attached hydrogen (secondary N) is 2. The van der Waals surface area contributed by atoms with Crippen LogP contribution in [0.25, 0.3) is 0 Å². The van der Waals surface area contributed by atoms with E-state index in [0.717, 1.165) is 11.1 Å². The van der Waals surface area contributed by atoms with Gasteiger partial charge in [0, 0.05) is 23.5 Å². The summed E-state index contributed by atoms with van der Waals surface area (Å²) >= 11 is 12.5. The maximum atomic E-state index is 15.5. The van der Waals surface area contributed by atoms with Crippen LogP contribution in [0.1, 0.15) is 56.2 Å². The predicted molar refractivity (Wildman–Crippen MR) is 142 cm³/mol. The van der Waals surface area contributed by atoms with Crippen molar-refractivity contribution in [3.63, 3.8) is 0 Å². The highest BCUT2D eigenvalue weighted by molar-refractivity contribution is 6.31. The average Bonchev–Trinajstić information content (AvgIpc) is 3.08. The Labute approximate surface area is 222 Å². The number of aliphatic hydroxyl groups excluding tert-OH is 2. The van der Waals surface area contributed by atoms with E-state index in [1.54, 1.807) is 18.2 Å². The second-order valence-electron chi connectivity index (χ2n) is 10.9.